The number of benzene rings is 2. The Morgan fingerprint density at radius 3 is 2.48 bits per heavy atom. The second kappa shape index (κ2) is 10.5. The summed E-state index contributed by atoms with van der Waals surface area (Å²) in [6.45, 7) is 3.07. The van der Waals surface area contributed by atoms with Crippen molar-refractivity contribution in [3.8, 4) is 11.5 Å². The number of rotatable bonds is 7. The molecule has 10 heteroatoms. The highest BCUT2D eigenvalue weighted by Gasteiger charge is 2.14. The van der Waals surface area contributed by atoms with Gasteiger partial charge in [-0.3, -0.25) is 0 Å². The van der Waals surface area contributed by atoms with Gasteiger partial charge in [0, 0.05) is 30.5 Å². The molecule has 0 radical (unpaired) electrons. The van der Waals surface area contributed by atoms with Crippen LogP contribution in [0.3, 0.4) is 0 Å². The molecule has 0 spiro atoms. The van der Waals surface area contributed by atoms with Crippen LogP contribution in [-0.4, -0.2) is 56.8 Å². The second-order valence-electron chi connectivity index (χ2n) is 7.22. The smallest absolute Gasteiger partial charge is 0.323 e. The van der Waals surface area contributed by atoms with Crippen molar-refractivity contribution < 1.29 is 19.0 Å². The Labute approximate surface area is 191 Å². The van der Waals surface area contributed by atoms with Crippen LogP contribution in [0.1, 0.15) is 0 Å². The number of amides is 2. The van der Waals surface area contributed by atoms with E-state index < -0.39 is 6.03 Å². The number of anilines is 5. The maximum atomic E-state index is 12.4. The summed E-state index contributed by atoms with van der Waals surface area (Å²) in [5.74, 6) is 1.63. The first kappa shape index (κ1) is 22.2. The number of para-hydroxylation sites is 1. The predicted molar refractivity (Wildman–Crippen MR) is 127 cm³/mol. The molecule has 3 N–H and O–H groups in total. The third-order valence-corrected chi connectivity index (χ3v) is 5.08. The number of carbonyl (C=O) groups is 1. The summed E-state index contributed by atoms with van der Waals surface area (Å²) in [5, 5.41) is 17.1. The molecule has 172 valence electrons. The molecular weight excluding hydrogens is 424 g/mol. The van der Waals surface area contributed by atoms with Crippen LogP contribution in [0.25, 0.3) is 0 Å². The van der Waals surface area contributed by atoms with E-state index in [1.54, 1.807) is 43.6 Å². The highest BCUT2D eigenvalue weighted by molar-refractivity contribution is 6.01. The summed E-state index contributed by atoms with van der Waals surface area (Å²) in [6.07, 6.45) is 1.75. The number of urea groups is 1. The van der Waals surface area contributed by atoms with Gasteiger partial charge in [0.1, 0.15) is 0 Å². The molecule has 2 aromatic carbocycles. The number of hydrogen-bond acceptors (Lipinski definition) is 8. The van der Waals surface area contributed by atoms with E-state index in [9.17, 15) is 4.79 Å². The van der Waals surface area contributed by atoms with Crippen molar-refractivity contribution in [2.45, 2.75) is 0 Å². The Morgan fingerprint density at radius 2 is 1.76 bits per heavy atom. The van der Waals surface area contributed by atoms with Crippen LogP contribution in [0.5, 0.6) is 11.5 Å². The maximum absolute atomic E-state index is 12.4. The topological polar surface area (TPSA) is 110 Å². The van der Waals surface area contributed by atoms with Crippen molar-refractivity contribution in [2.24, 2.45) is 0 Å². The van der Waals surface area contributed by atoms with Crippen LogP contribution in [0, 0.1) is 0 Å². The summed E-state index contributed by atoms with van der Waals surface area (Å²) >= 11 is 0. The number of nitrogens with zero attached hydrogens (tertiary/aromatic N) is 3. The van der Waals surface area contributed by atoms with Crippen LogP contribution in [0.2, 0.25) is 0 Å². The number of carbonyl (C=O) groups excluding carboxylic acids is 1. The molecule has 1 aliphatic heterocycles. The minimum Gasteiger partial charge on any atom is -0.493 e. The monoisotopic (exact) mass is 450 g/mol. The maximum Gasteiger partial charge on any atom is 0.323 e. The van der Waals surface area contributed by atoms with E-state index in [1.165, 1.54) is 7.11 Å². The van der Waals surface area contributed by atoms with Crippen LogP contribution in [0.4, 0.5) is 33.4 Å². The normalized spacial score (nSPS) is 13.2. The molecule has 1 fully saturated rings. The minimum absolute atomic E-state index is 0.397. The van der Waals surface area contributed by atoms with E-state index in [-0.39, 0.29) is 0 Å². The summed E-state index contributed by atoms with van der Waals surface area (Å²) in [6, 6.07) is 14.1. The predicted octanol–water partition coefficient (Wildman–Crippen LogP) is 3.72. The molecule has 33 heavy (non-hydrogen) atoms. The highest BCUT2D eigenvalue weighted by Crippen LogP contribution is 2.34. The Bertz CT molecular complexity index is 1090. The molecule has 0 unspecified atom stereocenters. The minimum atomic E-state index is -0.397. The second-order valence-corrected chi connectivity index (χ2v) is 7.22. The number of nitrogens with one attached hydrogen (secondary N) is 3. The molecule has 2 amide bonds. The summed E-state index contributed by atoms with van der Waals surface area (Å²) < 4.78 is 16.0. The summed E-state index contributed by atoms with van der Waals surface area (Å²) in [7, 11) is 3.06. The van der Waals surface area contributed by atoms with E-state index >= 15 is 0 Å². The first-order valence-electron chi connectivity index (χ1n) is 10.5. The van der Waals surface area contributed by atoms with Gasteiger partial charge in [-0.2, -0.15) is 5.10 Å². The van der Waals surface area contributed by atoms with Crippen molar-refractivity contribution in [1.29, 1.82) is 0 Å². The van der Waals surface area contributed by atoms with Gasteiger partial charge in [-0.25, -0.2) is 4.79 Å². The van der Waals surface area contributed by atoms with Crippen molar-refractivity contribution in [1.82, 2.24) is 10.2 Å². The molecule has 2 heterocycles. The van der Waals surface area contributed by atoms with Gasteiger partial charge >= 0.3 is 6.03 Å². The Morgan fingerprint density at radius 1 is 1.00 bits per heavy atom. The van der Waals surface area contributed by atoms with Crippen LogP contribution < -0.4 is 30.3 Å². The summed E-state index contributed by atoms with van der Waals surface area (Å²) in [5.41, 5.74) is 2.96. The van der Waals surface area contributed by atoms with Gasteiger partial charge in [0.15, 0.2) is 17.3 Å². The molecule has 1 aliphatic rings. The lowest BCUT2D eigenvalue weighted by molar-refractivity contribution is 0.122. The lowest BCUT2D eigenvalue weighted by Gasteiger charge is -2.28. The van der Waals surface area contributed by atoms with E-state index in [2.05, 4.69) is 31.0 Å². The van der Waals surface area contributed by atoms with Gasteiger partial charge in [-0.1, -0.05) is 6.07 Å². The molecule has 0 bridgehead atoms. The molecular formula is C23H26N6O4. The fraction of sp³-hybridized carbons (Fsp3) is 0.261. The molecule has 0 aliphatic carbocycles. The van der Waals surface area contributed by atoms with Gasteiger partial charge in [-0.15, -0.1) is 5.10 Å². The number of morpholine rings is 1. The zero-order valence-electron chi connectivity index (χ0n) is 18.5. The van der Waals surface area contributed by atoms with Gasteiger partial charge < -0.3 is 35.1 Å². The molecule has 0 atom stereocenters. The third kappa shape index (κ3) is 5.60. The first-order chi connectivity index (χ1) is 16.2. The van der Waals surface area contributed by atoms with Gasteiger partial charge in [0.25, 0.3) is 0 Å². The van der Waals surface area contributed by atoms with Crippen LogP contribution in [-0.2, 0) is 4.74 Å². The number of aromatic nitrogens is 2. The van der Waals surface area contributed by atoms with E-state index in [1.807, 2.05) is 18.2 Å². The van der Waals surface area contributed by atoms with Crippen LogP contribution in [0.15, 0.2) is 54.7 Å². The lowest BCUT2D eigenvalue weighted by Crippen LogP contribution is -2.36. The quantitative estimate of drug-likeness (QED) is 0.500. The average Bonchev–Trinajstić information content (AvgIpc) is 2.85. The standard InChI is InChI=1S/C23H26N6O4/c1-31-20-5-3-4-19(22(20)32-2)27-23(30)26-17-8-6-16(7-9-17)25-21-14-18(15-24-28-21)29-10-12-33-13-11-29/h3-9,14-15H,10-13H2,1-2H3,(H,25,28)(H2,26,27,30). The molecule has 3 aromatic rings. The van der Waals surface area contributed by atoms with Gasteiger partial charge in [-0.05, 0) is 36.4 Å². The van der Waals surface area contributed by atoms with Gasteiger partial charge in [0.05, 0.1) is 45.0 Å². The fourth-order valence-corrected chi connectivity index (χ4v) is 3.47. The largest absolute Gasteiger partial charge is 0.493 e. The molecule has 4 rings (SSSR count). The van der Waals surface area contributed by atoms with E-state index in [4.69, 9.17) is 14.2 Å². The zero-order chi connectivity index (χ0) is 23.0. The van der Waals surface area contributed by atoms with Gasteiger partial charge in [0.2, 0.25) is 0 Å². The molecule has 0 saturated carbocycles. The summed E-state index contributed by atoms with van der Waals surface area (Å²) in [4.78, 5) is 14.7. The van der Waals surface area contributed by atoms with Crippen molar-refractivity contribution >= 4 is 34.6 Å². The van der Waals surface area contributed by atoms with Crippen LogP contribution >= 0.6 is 0 Å². The van der Waals surface area contributed by atoms with E-state index in [0.29, 0.717) is 41.9 Å². The fourth-order valence-electron chi connectivity index (χ4n) is 3.47. The highest BCUT2D eigenvalue weighted by atomic mass is 16.5. The Balaban J connectivity index is 1.36. The Hall–Kier alpha value is -4.05. The van der Waals surface area contributed by atoms with Crippen molar-refractivity contribution in [3.63, 3.8) is 0 Å². The number of hydrogen-bond donors (Lipinski definition) is 3. The SMILES string of the molecule is COc1cccc(NC(=O)Nc2ccc(Nc3cc(N4CCOCC4)cnn3)cc2)c1OC. The van der Waals surface area contributed by atoms with Crippen molar-refractivity contribution in [3.05, 3.63) is 54.7 Å². The van der Waals surface area contributed by atoms with Crippen molar-refractivity contribution in [2.75, 3.05) is 61.4 Å². The molecule has 1 saturated heterocycles. The number of ether oxygens (including phenoxy) is 3. The lowest BCUT2D eigenvalue weighted by atomic mass is 10.2. The number of methoxy groups -OCH3 is 2. The Kier molecular flexibility index (Phi) is 7.06. The zero-order valence-corrected chi connectivity index (χ0v) is 18.5. The molecule has 10 nitrogen and oxygen atoms in total. The average molecular weight is 450 g/mol. The first-order valence-corrected chi connectivity index (χ1v) is 10.5. The molecule has 1 aromatic heterocycles. The van der Waals surface area contributed by atoms with E-state index in [0.717, 1.165) is 24.5 Å². The third-order valence-electron chi connectivity index (χ3n) is 5.08.